The van der Waals surface area contributed by atoms with Crippen molar-refractivity contribution in [1.29, 1.82) is 0 Å². The molecule has 0 spiro atoms. The van der Waals surface area contributed by atoms with Crippen molar-refractivity contribution < 1.29 is 14.3 Å². The Morgan fingerprint density at radius 3 is 2.83 bits per heavy atom. The van der Waals surface area contributed by atoms with Crippen LogP contribution < -0.4 is 5.32 Å². The van der Waals surface area contributed by atoms with Gasteiger partial charge >= 0.3 is 5.97 Å². The van der Waals surface area contributed by atoms with Crippen LogP contribution in [0.15, 0.2) is 30.3 Å². The van der Waals surface area contributed by atoms with E-state index in [2.05, 4.69) is 10.1 Å². The van der Waals surface area contributed by atoms with E-state index in [1.54, 1.807) is 4.90 Å². The third-order valence-corrected chi connectivity index (χ3v) is 2.98. The summed E-state index contributed by atoms with van der Waals surface area (Å²) in [7, 11) is 1.35. The number of nitrogens with one attached hydrogen (secondary N) is 1. The third kappa shape index (κ3) is 2.68. The van der Waals surface area contributed by atoms with Crippen molar-refractivity contribution in [1.82, 2.24) is 10.2 Å². The number of carbonyl (C=O) groups is 2. The number of rotatable bonds is 4. The molecular weight excluding hydrogens is 232 g/mol. The van der Waals surface area contributed by atoms with E-state index in [4.69, 9.17) is 0 Å². The average molecular weight is 248 g/mol. The highest BCUT2D eigenvalue weighted by Crippen LogP contribution is 2.22. The SMILES string of the molecule is COC(=O)CCN1C(=O)CNC1c1ccccc1. The van der Waals surface area contributed by atoms with Crippen molar-refractivity contribution in [3.8, 4) is 0 Å². The molecule has 1 heterocycles. The average Bonchev–Trinajstić information content (AvgIpc) is 2.78. The molecule has 1 unspecified atom stereocenters. The first kappa shape index (κ1) is 12.6. The Morgan fingerprint density at radius 1 is 1.44 bits per heavy atom. The number of amides is 1. The summed E-state index contributed by atoms with van der Waals surface area (Å²) in [6.45, 7) is 0.679. The van der Waals surface area contributed by atoms with E-state index < -0.39 is 0 Å². The fraction of sp³-hybridized carbons (Fsp3) is 0.385. The Morgan fingerprint density at radius 2 is 2.17 bits per heavy atom. The van der Waals surface area contributed by atoms with Crippen molar-refractivity contribution in [2.75, 3.05) is 20.2 Å². The van der Waals surface area contributed by atoms with Gasteiger partial charge in [-0.15, -0.1) is 0 Å². The van der Waals surface area contributed by atoms with E-state index in [9.17, 15) is 9.59 Å². The molecule has 0 saturated carbocycles. The summed E-state index contributed by atoms with van der Waals surface area (Å²) in [5.74, 6) is -0.297. The zero-order valence-corrected chi connectivity index (χ0v) is 10.3. The van der Waals surface area contributed by atoms with Gasteiger partial charge in [-0.3, -0.25) is 14.9 Å². The van der Waals surface area contributed by atoms with Gasteiger partial charge in [-0.1, -0.05) is 30.3 Å². The highest BCUT2D eigenvalue weighted by molar-refractivity contribution is 5.81. The summed E-state index contributed by atoms with van der Waals surface area (Å²) >= 11 is 0. The monoisotopic (exact) mass is 248 g/mol. The van der Waals surface area contributed by atoms with Crippen LogP contribution in [-0.4, -0.2) is 37.0 Å². The van der Waals surface area contributed by atoms with Crippen LogP contribution in [0.1, 0.15) is 18.2 Å². The maximum absolute atomic E-state index is 11.8. The molecule has 1 aromatic rings. The number of nitrogens with zero attached hydrogens (tertiary/aromatic N) is 1. The van der Waals surface area contributed by atoms with E-state index in [1.807, 2.05) is 30.3 Å². The molecule has 0 aliphatic carbocycles. The van der Waals surface area contributed by atoms with Crippen LogP contribution in [0, 0.1) is 0 Å². The highest BCUT2D eigenvalue weighted by atomic mass is 16.5. The van der Waals surface area contributed by atoms with Crippen LogP contribution in [0.3, 0.4) is 0 Å². The second-order valence-electron chi connectivity index (χ2n) is 4.11. The molecule has 5 heteroatoms. The van der Waals surface area contributed by atoms with Gasteiger partial charge in [-0.2, -0.15) is 0 Å². The van der Waals surface area contributed by atoms with Crippen LogP contribution in [0.25, 0.3) is 0 Å². The van der Waals surface area contributed by atoms with Crippen LogP contribution >= 0.6 is 0 Å². The summed E-state index contributed by atoms with van der Waals surface area (Å²) in [5, 5.41) is 3.14. The third-order valence-electron chi connectivity index (χ3n) is 2.98. The first-order valence-corrected chi connectivity index (χ1v) is 5.87. The quantitative estimate of drug-likeness (QED) is 0.796. The number of methoxy groups -OCH3 is 1. The zero-order chi connectivity index (χ0) is 13.0. The number of carbonyl (C=O) groups excluding carboxylic acids is 2. The topological polar surface area (TPSA) is 58.6 Å². The van der Waals surface area contributed by atoms with Gasteiger partial charge in [0.15, 0.2) is 0 Å². The first-order valence-electron chi connectivity index (χ1n) is 5.87. The van der Waals surface area contributed by atoms with Crippen molar-refractivity contribution in [3.05, 3.63) is 35.9 Å². The number of ether oxygens (including phenoxy) is 1. The van der Waals surface area contributed by atoms with Crippen LogP contribution in [0.2, 0.25) is 0 Å². The normalized spacial score (nSPS) is 19.1. The van der Waals surface area contributed by atoms with Gasteiger partial charge in [0, 0.05) is 6.54 Å². The Kier molecular flexibility index (Phi) is 3.94. The van der Waals surface area contributed by atoms with Gasteiger partial charge in [0.2, 0.25) is 5.91 Å². The molecule has 1 saturated heterocycles. The molecule has 1 aromatic carbocycles. The summed E-state index contributed by atoms with van der Waals surface area (Å²) in [5.41, 5.74) is 1.02. The van der Waals surface area contributed by atoms with Gasteiger partial charge in [-0.25, -0.2) is 0 Å². The minimum absolute atomic E-state index is 0.00718. The standard InChI is InChI=1S/C13H16N2O3/c1-18-12(17)7-8-15-11(16)9-14-13(15)10-5-3-2-4-6-10/h2-6,13-14H,7-9H2,1H3. The molecule has 96 valence electrons. The molecule has 1 aliphatic rings. The molecule has 1 aliphatic heterocycles. The highest BCUT2D eigenvalue weighted by Gasteiger charge is 2.31. The second-order valence-corrected chi connectivity index (χ2v) is 4.11. The molecule has 1 N–H and O–H groups in total. The fourth-order valence-electron chi connectivity index (χ4n) is 2.04. The van der Waals surface area contributed by atoms with Gasteiger partial charge < -0.3 is 9.64 Å². The van der Waals surface area contributed by atoms with Gasteiger partial charge in [0.1, 0.15) is 6.17 Å². The molecular formula is C13H16N2O3. The lowest BCUT2D eigenvalue weighted by Crippen LogP contribution is -2.32. The minimum atomic E-state index is -0.304. The minimum Gasteiger partial charge on any atom is -0.469 e. The van der Waals surface area contributed by atoms with E-state index >= 15 is 0 Å². The van der Waals surface area contributed by atoms with Crippen molar-refractivity contribution in [2.24, 2.45) is 0 Å². The Hall–Kier alpha value is -1.88. The zero-order valence-electron chi connectivity index (χ0n) is 10.3. The van der Waals surface area contributed by atoms with E-state index in [0.717, 1.165) is 5.56 Å². The maximum Gasteiger partial charge on any atom is 0.307 e. The van der Waals surface area contributed by atoms with E-state index in [-0.39, 0.29) is 24.5 Å². The molecule has 1 atom stereocenters. The van der Waals surface area contributed by atoms with Crippen molar-refractivity contribution in [2.45, 2.75) is 12.6 Å². The number of hydrogen-bond donors (Lipinski definition) is 1. The number of hydrogen-bond acceptors (Lipinski definition) is 4. The number of benzene rings is 1. The van der Waals surface area contributed by atoms with Crippen LogP contribution in [0.4, 0.5) is 0 Å². The van der Waals surface area contributed by atoms with Crippen molar-refractivity contribution in [3.63, 3.8) is 0 Å². The molecule has 0 radical (unpaired) electrons. The smallest absolute Gasteiger partial charge is 0.307 e. The predicted octanol–water partition coefficient (Wildman–Crippen LogP) is 0.680. The summed E-state index contributed by atoms with van der Waals surface area (Å²) in [6, 6.07) is 9.71. The Balaban J connectivity index is 2.06. The van der Waals surface area contributed by atoms with Gasteiger partial charge in [-0.05, 0) is 5.56 Å². The maximum atomic E-state index is 11.8. The summed E-state index contributed by atoms with van der Waals surface area (Å²) < 4.78 is 4.59. The molecule has 1 amide bonds. The summed E-state index contributed by atoms with van der Waals surface area (Å²) in [6.07, 6.45) is 0.0659. The molecule has 18 heavy (non-hydrogen) atoms. The van der Waals surface area contributed by atoms with Crippen LogP contribution in [-0.2, 0) is 14.3 Å². The Bertz CT molecular complexity index is 433. The van der Waals surface area contributed by atoms with Crippen molar-refractivity contribution >= 4 is 11.9 Å². The molecule has 0 aromatic heterocycles. The summed E-state index contributed by atoms with van der Waals surface area (Å²) in [4.78, 5) is 24.6. The molecule has 1 fully saturated rings. The van der Waals surface area contributed by atoms with Gasteiger partial charge in [0.25, 0.3) is 0 Å². The molecule has 0 bridgehead atoms. The van der Waals surface area contributed by atoms with Crippen LogP contribution in [0.5, 0.6) is 0 Å². The van der Waals surface area contributed by atoms with E-state index in [0.29, 0.717) is 13.1 Å². The first-order chi connectivity index (χ1) is 8.72. The Labute approximate surface area is 106 Å². The van der Waals surface area contributed by atoms with Gasteiger partial charge in [0.05, 0.1) is 20.1 Å². The molecule has 5 nitrogen and oxygen atoms in total. The predicted molar refractivity (Wildman–Crippen MR) is 65.5 cm³/mol. The lowest BCUT2D eigenvalue weighted by Gasteiger charge is -2.24. The lowest BCUT2D eigenvalue weighted by molar-refractivity contribution is -0.141. The lowest BCUT2D eigenvalue weighted by atomic mass is 10.1. The number of esters is 1. The fourth-order valence-corrected chi connectivity index (χ4v) is 2.04. The van der Waals surface area contributed by atoms with E-state index in [1.165, 1.54) is 7.11 Å². The second kappa shape index (κ2) is 5.64. The molecule has 2 rings (SSSR count). The largest absolute Gasteiger partial charge is 0.469 e.